The molecule has 2 aliphatic heterocycles. The van der Waals surface area contributed by atoms with Crippen LogP contribution in [0.4, 0.5) is 0 Å². The Morgan fingerprint density at radius 2 is 1.83 bits per heavy atom. The summed E-state index contributed by atoms with van der Waals surface area (Å²) in [4.78, 5) is 11.0. The fraction of sp³-hybridized carbons (Fsp3) is 0.531. The van der Waals surface area contributed by atoms with E-state index < -0.39 is 37.1 Å². The normalized spacial score (nSPS) is 26.1. The standard InChI is InChI=1S/C23H27ClO7.C9H16O2/c24-18-6-3-14(23-22(28)21(27)20(26)19(11-25)31-23)10-15(18)9-13-1-4-16(5-2-13)30-17-7-8-29-12-17;1-5-11-9(10)8(4)6-7(2)3/h1-6,10,17,19-23,25-28H,7-9,11-12H2;8H,2,5-6H2,1,3-4H3/t17?,19?,20-,21?,22-,23?;/m1./s1. The lowest BCUT2D eigenvalue weighted by Gasteiger charge is -2.40. The second-order valence-corrected chi connectivity index (χ2v) is 11.2. The Bertz CT molecular complexity index is 1150. The molecule has 4 rings (SSSR count). The van der Waals surface area contributed by atoms with E-state index in [0.717, 1.165) is 41.9 Å². The quantitative estimate of drug-likeness (QED) is 0.235. The van der Waals surface area contributed by atoms with Gasteiger partial charge in [0.2, 0.25) is 0 Å². The fourth-order valence-electron chi connectivity index (χ4n) is 4.88. The molecule has 9 nitrogen and oxygen atoms in total. The van der Waals surface area contributed by atoms with Crippen molar-refractivity contribution in [3.8, 4) is 5.75 Å². The van der Waals surface area contributed by atoms with Gasteiger partial charge in [-0.1, -0.05) is 48.4 Å². The van der Waals surface area contributed by atoms with E-state index in [2.05, 4.69) is 6.58 Å². The summed E-state index contributed by atoms with van der Waals surface area (Å²) in [6.45, 7) is 10.6. The first-order valence-electron chi connectivity index (χ1n) is 14.3. The molecule has 10 heteroatoms. The van der Waals surface area contributed by atoms with Gasteiger partial charge in [0, 0.05) is 11.4 Å². The van der Waals surface area contributed by atoms with Crippen LogP contribution in [0, 0.1) is 5.92 Å². The van der Waals surface area contributed by atoms with Gasteiger partial charge in [-0.15, -0.1) is 6.58 Å². The molecule has 0 bridgehead atoms. The molecule has 232 valence electrons. The lowest BCUT2D eigenvalue weighted by Crippen LogP contribution is -2.55. The number of hydrogen-bond acceptors (Lipinski definition) is 9. The van der Waals surface area contributed by atoms with E-state index in [-0.39, 0.29) is 18.0 Å². The summed E-state index contributed by atoms with van der Waals surface area (Å²) in [5.41, 5.74) is 3.49. The van der Waals surface area contributed by atoms with Crippen LogP contribution in [-0.2, 0) is 25.4 Å². The Morgan fingerprint density at radius 3 is 2.43 bits per heavy atom. The van der Waals surface area contributed by atoms with Crippen molar-refractivity contribution in [2.45, 2.75) is 76.7 Å². The Kier molecular flexibility index (Phi) is 13.3. The molecule has 42 heavy (non-hydrogen) atoms. The molecule has 0 amide bonds. The van der Waals surface area contributed by atoms with Crippen LogP contribution in [0.15, 0.2) is 54.6 Å². The van der Waals surface area contributed by atoms with Crippen LogP contribution < -0.4 is 4.74 Å². The summed E-state index contributed by atoms with van der Waals surface area (Å²) in [5, 5.41) is 40.5. The van der Waals surface area contributed by atoms with Crippen LogP contribution in [0.3, 0.4) is 0 Å². The average molecular weight is 607 g/mol. The molecule has 7 atom stereocenters. The van der Waals surface area contributed by atoms with Crippen molar-refractivity contribution in [1.29, 1.82) is 0 Å². The van der Waals surface area contributed by atoms with E-state index in [1.165, 1.54) is 0 Å². The SMILES string of the molecule is C=C(C)CC(C)C(=O)OCC.OCC1OC(c2ccc(Cl)c(Cc3ccc(OC4CCOC4)cc3)c2)[C@H](O)C(O)[C@@H]1O. The number of esters is 1. The van der Waals surface area contributed by atoms with E-state index in [1.807, 2.05) is 51.1 Å². The van der Waals surface area contributed by atoms with E-state index >= 15 is 0 Å². The van der Waals surface area contributed by atoms with Gasteiger partial charge >= 0.3 is 5.97 Å². The molecular weight excluding hydrogens is 564 g/mol. The second-order valence-electron chi connectivity index (χ2n) is 10.8. The molecule has 2 saturated heterocycles. The van der Waals surface area contributed by atoms with Crippen molar-refractivity contribution in [2.24, 2.45) is 5.92 Å². The molecular formula is C32H43ClO9. The first-order chi connectivity index (χ1) is 20.0. The van der Waals surface area contributed by atoms with Crippen molar-refractivity contribution in [1.82, 2.24) is 0 Å². The van der Waals surface area contributed by atoms with Crippen LogP contribution in [-0.4, -0.2) is 83.3 Å². The van der Waals surface area contributed by atoms with Crippen LogP contribution in [0.2, 0.25) is 5.02 Å². The fourth-order valence-corrected chi connectivity index (χ4v) is 5.06. The smallest absolute Gasteiger partial charge is 0.308 e. The zero-order valence-electron chi connectivity index (χ0n) is 24.4. The first-order valence-corrected chi connectivity index (χ1v) is 14.6. The third kappa shape index (κ3) is 9.50. The van der Waals surface area contributed by atoms with Crippen molar-refractivity contribution in [3.63, 3.8) is 0 Å². The van der Waals surface area contributed by atoms with Crippen LogP contribution in [0.5, 0.6) is 5.75 Å². The molecule has 2 aromatic rings. The Labute approximate surface area is 252 Å². The lowest BCUT2D eigenvalue weighted by molar-refractivity contribution is -0.231. The van der Waals surface area contributed by atoms with Gasteiger partial charge in [0.05, 0.1) is 32.3 Å². The van der Waals surface area contributed by atoms with Crippen molar-refractivity contribution >= 4 is 17.6 Å². The molecule has 0 aliphatic carbocycles. The second kappa shape index (κ2) is 16.4. The third-order valence-electron chi connectivity index (χ3n) is 7.14. The Balaban J connectivity index is 0.000000375. The van der Waals surface area contributed by atoms with Gasteiger partial charge in [-0.05, 0) is 61.6 Å². The van der Waals surface area contributed by atoms with Crippen molar-refractivity contribution in [2.75, 3.05) is 26.4 Å². The van der Waals surface area contributed by atoms with Crippen molar-refractivity contribution in [3.05, 3.63) is 76.3 Å². The van der Waals surface area contributed by atoms with E-state index in [1.54, 1.807) is 12.1 Å². The highest BCUT2D eigenvalue weighted by molar-refractivity contribution is 6.31. The number of carbonyl (C=O) groups excluding carboxylic acids is 1. The molecule has 4 N–H and O–H groups in total. The van der Waals surface area contributed by atoms with Crippen molar-refractivity contribution < 1.29 is 44.2 Å². The number of carbonyl (C=O) groups is 1. The highest BCUT2D eigenvalue weighted by Gasteiger charge is 2.44. The number of ether oxygens (including phenoxy) is 4. The molecule has 2 aromatic carbocycles. The minimum Gasteiger partial charge on any atom is -0.488 e. The lowest BCUT2D eigenvalue weighted by atomic mass is 9.90. The molecule has 0 radical (unpaired) electrons. The topological polar surface area (TPSA) is 135 Å². The van der Waals surface area contributed by atoms with Crippen LogP contribution >= 0.6 is 11.6 Å². The minimum atomic E-state index is -1.42. The summed E-state index contributed by atoms with van der Waals surface area (Å²) in [7, 11) is 0. The maximum Gasteiger partial charge on any atom is 0.308 e. The molecule has 2 fully saturated rings. The summed E-state index contributed by atoms with van der Waals surface area (Å²) in [5.74, 6) is 0.614. The zero-order chi connectivity index (χ0) is 30.8. The Morgan fingerprint density at radius 1 is 1.12 bits per heavy atom. The van der Waals surface area contributed by atoms with Gasteiger partial charge in [0.25, 0.3) is 0 Å². The molecule has 2 heterocycles. The number of aliphatic hydroxyl groups excluding tert-OH is 4. The van der Waals surface area contributed by atoms with Gasteiger partial charge in [0.1, 0.15) is 42.4 Å². The minimum absolute atomic E-state index is 0.0487. The van der Waals surface area contributed by atoms with Gasteiger partial charge in [0.15, 0.2) is 0 Å². The third-order valence-corrected chi connectivity index (χ3v) is 7.51. The number of halogens is 1. The Hall–Kier alpha value is -2.50. The molecule has 0 spiro atoms. The summed E-state index contributed by atoms with van der Waals surface area (Å²) in [6.07, 6.45) is -3.74. The van der Waals surface area contributed by atoms with Gasteiger partial charge < -0.3 is 39.4 Å². The first kappa shape index (κ1) is 34.0. The largest absolute Gasteiger partial charge is 0.488 e. The number of allylic oxidation sites excluding steroid dienone is 1. The summed E-state index contributed by atoms with van der Waals surface area (Å²) >= 11 is 6.40. The van der Waals surface area contributed by atoms with Crippen LogP contribution in [0.1, 0.15) is 56.4 Å². The maximum absolute atomic E-state index is 11.0. The van der Waals surface area contributed by atoms with E-state index in [9.17, 15) is 25.2 Å². The predicted molar refractivity (Wildman–Crippen MR) is 159 cm³/mol. The number of benzene rings is 2. The van der Waals surface area contributed by atoms with E-state index in [4.69, 9.17) is 30.5 Å². The number of hydrogen-bond donors (Lipinski definition) is 4. The molecule has 0 aromatic heterocycles. The molecule has 2 aliphatic rings. The monoisotopic (exact) mass is 606 g/mol. The zero-order valence-corrected chi connectivity index (χ0v) is 25.2. The summed E-state index contributed by atoms with van der Waals surface area (Å²) in [6, 6.07) is 13.0. The van der Waals surface area contributed by atoms with Gasteiger partial charge in [-0.25, -0.2) is 0 Å². The maximum atomic E-state index is 11.0. The van der Waals surface area contributed by atoms with Gasteiger partial charge in [-0.2, -0.15) is 0 Å². The van der Waals surface area contributed by atoms with E-state index in [0.29, 0.717) is 30.2 Å². The average Bonchev–Trinajstić information content (AvgIpc) is 3.47. The molecule has 5 unspecified atom stereocenters. The highest BCUT2D eigenvalue weighted by Crippen LogP contribution is 2.34. The molecule has 0 saturated carbocycles. The number of rotatable bonds is 10. The highest BCUT2D eigenvalue weighted by atomic mass is 35.5. The predicted octanol–water partition coefficient (Wildman–Crippen LogP) is 3.77. The number of aliphatic hydroxyl groups is 4. The van der Waals surface area contributed by atoms with Crippen LogP contribution in [0.25, 0.3) is 0 Å². The summed E-state index contributed by atoms with van der Waals surface area (Å²) < 4.78 is 21.7. The van der Waals surface area contributed by atoms with Gasteiger partial charge in [-0.3, -0.25) is 4.79 Å².